The van der Waals surface area contributed by atoms with Gasteiger partial charge in [-0.1, -0.05) is 23.7 Å². The molecule has 1 aromatic carbocycles. The second-order valence-corrected chi connectivity index (χ2v) is 7.59. The van der Waals surface area contributed by atoms with Crippen molar-refractivity contribution in [1.82, 2.24) is 0 Å². The van der Waals surface area contributed by atoms with E-state index in [4.69, 9.17) is 27.9 Å². The fraction of sp³-hybridized carbons (Fsp3) is 0.333. The molecule has 0 saturated carbocycles. The summed E-state index contributed by atoms with van der Waals surface area (Å²) < 4.78 is 6.65. The number of benzene rings is 1. The highest BCUT2D eigenvalue weighted by Crippen LogP contribution is 2.40. The van der Waals surface area contributed by atoms with E-state index in [1.54, 1.807) is 0 Å². The van der Waals surface area contributed by atoms with Crippen LogP contribution in [-0.4, -0.2) is 5.60 Å². The van der Waals surface area contributed by atoms with Gasteiger partial charge in [-0.3, -0.25) is 0 Å². The quantitative estimate of drug-likeness (QED) is 0.671. The standard InChI is InChI=1S/C15H14Cl2OS/c1-15(2)8-10-7-9(3-4-11(10)18-15)14(17)12-5-6-13(16)19-12/h3-7,14H,8H2,1-2H3. The third-order valence-corrected chi connectivity index (χ3v) is 5.14. The first-order valence-electron chi connectivity index (χ1n) is 6.16. The summed E-state index contributed by atoms with van der Waals surface area (Å²) in [5.74, 6) is 0.974. The molecule has 1 aliphatic heterocycles. The average Bonchev–Trinajstić information content (AvgIpc) is 2.88. The van der Waals surface area contributed by atoms with Crippen molar-refractivity contribution in [2.24, 2.45) is 0 Å². The molecule has 0 fully saturated rings. The Bertz CT molecular complexity index is 618. The second kappa shape index (κ2) is 4.69. The van der Waals surface area contributed by atoms with Crippen LogP contribution in [0.5, 0.6) is 5.75 Å². The molecule has 0 amide bonds. The molecule has 0 N–H and O–H groups in total. The average molecular weight is 313 g/mol. The Morgan fingerprint density at radius 1 is 1.26 bits per heavy atom. The summed E-state index contributed by atoms with van der Waals surface area (Å²) in [6.07, 6.45) is 0.922. The molecule has 0 radical (unpaired) electrons. The third-order valence-electron chi connectivity index (χ3n) is 3.22. The van der Waals surface area contributed by atoms with Crippen molar-refractivity contribution in [3.05, 3.63) is 50.7 Å². The Labute approximate surface area is 127 Å². The Morgan fingerprint density at radius 3 is 2.74 bits per heavy atom. The van der Waals surface area contributed by atoms with Crippen LogP contribution in [0.3, 0.4) is 0 Å². The fourth-order valence-electron chi connectivity index (χ4n) is 2.42. The minimum Gasteiger partial charge on any atom is -0.487 e. The second-order valence-electron chi connectivity index (χ2n) is 5.41. The number of fused-ring (bicyclic) bond motifs is 1. The van der Waals surface area contributed by atoms with Crippen LogP contribution in [0.15, 0.2) is 30.3 Å². The molecular weight excluding hydrogens is 299 g/mol. The van der Waals surface area contributed by atoms with Crippen LogP contribution in [0, 0.1) is 0 Å². The van der Waals surface area contributed by atoms with Crippen LogP contribution >= 0.6 is 34.5 Å². The smallest absolute Gasteiger partial charge is 0.123 e. The summed E-state index contributed by atoms with van der Waals surface area (Å²) in [5, 5.41) is -0.147. The summed E-state index contributed by atoms with van der Waals surface area (Å²) in [7, 11) is 0. The number of hydrogen-bond acceptors (Lipinski definition) is 2. The molecule has 1 atom stereocenters. The van der Waals surface area contributed by atoms with Crippen LogP contribution in [0.2, 0.25) is 4.34 Å². The molecule has 0 spiro atoms. The number of ether oxygens (including phenoxy) is 1. The Kier molecular flexibility index (Phi) is 3.28. The van der Waals surface area contributed by atoms with Gasteiger partial charge < -0.3 is 4.74 Å². The minimum atomic E-state index is -0.147. The molecule has 4 heteroatoms. The van der Waals surface area contributed by atoms with E-state index >= 15 is 0 Å². The highest BCUT2D eigenvalue weighted by atomic mass is 35.5. The van der Waals surface area contributed by atoms with Crippen LogP contribution in [0.25, 0.3) is 0 Å². The molecule has 1 nitrogen and oxygen atoms in total. The van der Waals surface area contributed by atoms with E-state index in [2.05, 4.69) is 19.9 Å². The summed E-state index contributed by atoms with van der Waals surface area (Å²) in [6, 6.07) is 10.1. The van der Waals surface area contributed by atoms with Gasteiger partial charge in [-0.2, -0.15) is 0 Å². The molecule has 1 aromatic heterocycles. The van der Waals surface area contributed by atoms with Gasteiger partial charge in [-0.25, -0.2) is 0 Å². The number of rotatable bonds is 2. The Morgan fingerprint density at radius 2 is 2.05 bits per heavy atom. The maximum absolute atomic E-state index is 6.53. The highest BCUT2D eigenvalue weighted by molar-refractivity contribution is 7.16. The van der Waals surface area contributed by atoms with Gasteiger partial charge in [0.1, 0.15) is 11.4 Å². The number of alkyl halides is 1. The van der Waals surface area contributed by atoms with Gasteiger partial charge in [-0.05, 0) is 43.2 Å². The largest absolute Gasteiger partial charge is 0.487 e. The van der Waals surface area contributed by atoms with Gasteiger partial charge in [0.25, 0.3) is 0 Å². The molecule has 0 aliphatic carbocycles. The normalized spacial score (nSPS) is 17.9. The van der Waals surface area contributed by atoms with E-state index in [9.17, 15) is 0 Å². The lowest BCUT2D eigenvalue weighted by Gasteiger charge is -2.16. The predicted molar refractivity (Wildman–Crippen MR) is 81.9 cm³/mol. The molecule has 100 valence electrons. The van der Waals surface area contributed by atoms with E-state index in [-0.39, 0.29) is 11.0 Å². The monoisotopic (exact) mass is 312 g/mol. The zero-order valence-electron chi connectivity index (χ0n) is 10.7. The number of hydrogen-bond donors (Lipinski definition) is 0. The van der Waals surface area contributed by atoms with Crippen molar-refractivity contribution in [2.75, 3.05) is 0 Å². The maximum atomic E-state index is 6.53. The summed E-state index contributed by atoms with van der Waals surface area (Å²) in [5.41, 5.74) is 2.21. The first-order chi connectivity index (χ1) is 8.94. The van der Waals surface area contributed by atoms with Gasteiger partial charge >= 0.3 is 0 Å². The summed E-state index contributed by atoms with van der Waals surface area (Å²) >= 11 is 14.0. The van der Waals surface area contributed by atoms with E-state index in [0.29, 0.717) is 0 Å². The highest BCUT2D eigenvalue weighted by Gasteiger charge is 2.30. The van der Waals surface area contributed by atoms with E-state index in [1.165, 1.54) is 16.9 Å². The lowest BCUT2D eigenvalue weighted by molar-refractivity contribution is 0.138. The van der Waals surface area contributed by atoms with E-state index in [0.717, 1.165) is 26.9 Å². The number of thiophene rings is 1. The molecule has 19 heavy (non-hydrogen) atoms. The van der Waals surface area contributed by atoms with Crippen molar-refractivity contribution in [3.8, 4) is 5.75 Å². The fourth-order valence-corrected chi connectivity index (χ4v) is 3.83. The van der Waals surface area contributed by atoms with Gasteiger partial charge in [0.2, 0.25) is 0 Å². The van der Waals surface area contributed by atoms with Crippen LogP contribution in [0.4, 0.5) is 0 Å². The molecule has 1 unspecified atom stereocenters. The zero-order chi connectivity index (χ0) is 13.6. The Hall–Kier alpha value is -0.700. The molecule has 0 saturated heterocycles. The van der Waals surface area contributed by atoms with Gasteiger partial charge in [-0.15, -0.1) is 22.9 Å². The zero-order valence-corrected chi connectivity index (χ0v) is 13.1. The lowest BCUT2D eigenvalue weighted by Crippen LogP contribution is -2.24. The SMILES string of the molecule is CC1(C)Cc2cc(C(Cl)c3ccc(Cl)s3)ccc2O1. The molecule has 1 aliphatic rings. The molecule has 2 heterocycles. The molecule has 3 rings (SSSR count). The van der Waals surface area contributed by atoms with Crippen LogP contribution in [-0.2, 0) is 6.42 Å². The first-order valence-corrected chi connectivity index (χ1v) is 7.79. The topological polar surface area (TPSA) is 9.23 Å². The van der Waals surface area contributed by atoms with Crippen molar-refractivity contribution >= 4 is 34.5 Å². The Balaban J connectivity index is 1.92. The molecular formula is C15H14Cl2OS. The van der Waals surface area contributed by atoms with Gasteiger partial charge in [0.05, 0.1) is 9.71 Å². The summed E-state index contributed by atoms with van der Waals surface area (Å²) in [4.78, 5) is 1.07. The molecule has 2 aromatic rings. The van der Waals surface area contributed by atoms with Crippen molar-refractivity contribution in [2.45, 2.75) is 31.2 Å². The van der Waals surface area contributed by atoms with E-state index in [1.807, 2.05) is 24.3 Å². The van der Waals surface area contributed by atoms with Crippen molar-refractivity contribution < 1.29 is 4.74 Å². The van der Waals surface area contributed by atoms with Gasteiger partial charge in [0, 0.05) is 11.3 Å². The van der Waals surface area contributed by atoms with Gasteiger partial charge in [0.15, 0.2) is 0 Å². The molecule has 0 bridgehead atoms. The summed E-state index contributed by atoms with van der Waals surface area (Å²) in [6.45, 7) is 4.20. The van der Waals surface area contributed by atoms with Crippen LogP contribution in [0.1, 0.15) is 35.2 Å². The maximum Gasteiger partial charge on any atom is 0.123 e. The van der Waals surface area contributed by atoms with E-state index < -0.39 is 0 Å². The lowest BCUT2D eigenvalue weighted by atomic mass is 9.99. The third kappa shape index (κ3) is 2.62. The van der Waals surface area contributed by atoms with Crippen molar-refractivity contribution in [3.63, 3.8) is 0 Å². The van der Waals surface area contributed by atoms with Crippen molar-refractivity contribution in [1.29, 1.82) is 0 Å². The first kappa shape index (κ1) is 13.3. The predicted octanol–water partition coefficient (Wildman–Crippen LogP) is 5.44. The number of halogens is 2. The minimum absolute atomic E-state index is 0.116. The van der Waals surface area contributed by atoms with Crippen LogP contribution < -0.4 is 4.74 Å².